The van der Waals surface area contributed by atoms with E-state index in [0.717, 1.165) is 18.4 Å². The molecule has 128 valence electrons. The number of anilines is 1. The fourth-order valence-corrected chi connectivity index (χ4v) is 2.66. The van der Waals surface area contributed by atoms with Crippen LogP contribution in [-0.4, -0.2) is 29.3 Å². The summed E-state index contributed by atoms with van der Waals surface area (Å²) >= 11 is 0. The first-order valence-electron chi connectivity index (χ1n) is 8.49. The van der Waals surface area contributed by atoms with Gasteiger partial charge in [0.25, 0.3) is 5.91 Å². The lowest BCUT2D eigenvalue weighted by atomic mass is 9.96. The molecule has 5 heteroatoms. The molecular formula is C18H28N2O3. The second-order valence-corrected chi connectivity index (χ2v) is 6.29. The van der Waals surface area contributed by atoms with Gasteiger partial charge in [0.1, 0.15) is 5.75 Å². The molecule has 5 nitrogen and oxygen atoms in total. The number of hydrogen-bond acceptors (Lipinski definition) is 4. The number of rotatable bonds is 7. The third-order valence-electron chi connectivity index (χ3n) is 4.75. The summed E-state index contributed by atoms with van der Waals surface area (Å²) in [5.74, 6) is 0.624. The van der Waals surface area contributed by atoms with E-state index in [1.54, 1.807) is 0 Å². The number of fused-ring (bicyclic) bond motifs is 1. The Balaban J connectivity index is 2.08. The minimum absolute atomic E-state index is 0.0881. The van der Waals surface area contributed by atoms with E-state index in [2.05, 4.69) is 17.6 Å². The molecular weight excluding hydrogens is 292 g/mol. The van der Waals surface area contributed by atoms with Crippen LogP contribution in [0.5, 0.6) is 5.75 Å². The minimum Gasteiger partial charge on any atom is -0.478 e. The molecule has 0 saturated carbocycles. The van der Waals surface area contributed by atoms with Gasteiger partial charge in [-0.15, -0.1) is 0 Å². The van der Waals surface area contributed by atoms with Crippen molar-refractivity contribution in [2.75, 3.05) is 11.9 Å². The van der Waals surface area contributed by atoms with Crippen LogP contribution in [0.3, 0.4) is 0 Å². The van der Waals surface area contributed by atoms with Crippen molar-refractivity contribution in [2.24, 2.45) is 0 Å². The molecule has 1 aromatic carbocycles. The van der Waals surface area contributed by atoms with Crippen LogP contribution in [0.1, 0.15) is 58.6 Å². The van der Waals surface area contributed by atoms with E-state index in [4.69, 9.17) is 4.74 Å². The van der Waals surface area contributed by atoms with Crippen molar-refractivity contribution in [3.63, 3.8) is 0 Å². The van der Waals surface area contributed by atoms with Crippen LogP contribution < -0.4 is 15.4 Å². The summed E-state index contributed by atoms with van der Waals surface area (Å²) in [6.45, 7) is 8.53. The van der Waals surface area contributed by atoms with E-state index in [1.165, 1.54) is 0 Å². The molecule has 0 spiro atoms. The largest absolute Gasteiger partial charge is 0.478 e. The number of nitrogens with one attached hydrogen (secondary N) is 2. The molecule has 23 heavy (non-hydrogen) atoms. The molecule has 0 aliphatic carbocycles. The van der Waals surface area contributed by atoms with Crippen molar-refractivity contribution in [1.82, 2.24) is 5.32 Å². The minimum atomic E-state index is -0.666. The number of amides is 1. The van der Waals surface area contributed by atoms with Crippen molar-refractivity contribution in [3.05, 3.63) is 23.8 Å². The maximum Gasteiger partial charge on any atom is 0.265 e. The van der Waals surface area contributed by atoms with Crippen LogP contribution in [-0.2, 0) is 4.79 Å². The van der Waals surface area contributed by atoms with Gasteiger partial charge >= 0.3 is 0 Å². The normalized spacial score (nSPS) is 18.8. The number of ether oxygens (including phenoxy) is 1. The van der Waals surface area contributed by atoms with Gasteiger partial charge in [-0.25, -0.2) is 0 Å². The lowest BCUT2D eigenvalue weighted by Crippen LogP contribution is -2.40. The Hall–Kier alpha value is -1.59. The summed E-state index contributed by atoms with van der Waals surface area (Å²) in [7, 11) is 0. The van der Waals surface area contributed by atoms with E-state index >= 15 is 0 Å². The smallest absolute Gasteiger partial charge is 0.265 e. The lowest BCUT2D eigenvalue weighted by Gasteiger charge is -2.29. The SMILES string of the molecule is CCC1Oc2cc(C(C)NCC(O)(CC)CC)ccc2NC1=O. The van der Waals surface area contributed by atoms with Gasteiger partial charge in [-0.05, 0) is 43.9 Å². The zero-order valence-corrected chi connectivity index (χ0v) is 14.5. The van der Waals surface area contributed by atoms with Gasteiger partial charge in [0.15, 0.2) is 6.10 Å². The lowest BCUT2D eigenvalue weighted by molar-refractivity contribution is -0.123. The highest BCUT2D eigenvalue weighted by Crippen LogP contribution is 2.33. The summed E-state index contributed by atoms with van der Waals surface area (Å²) in [5, 5.41) is 16.6. The fourth-order valence-electron chi connectivity index (χ4n) is 2.66. The van der Waals surface area contributed by atoms with Crippen LogP contribution in [0.2, 0.25) is 0 Å². The third kappa shape index (κ3) is 4.03. The zero-order chi connectivity index (χ0) is 17.0. The van der Waals surface area contributed by atoms with Crippen LogP contribution >= 0.6 is 0 Å². The maximum atomic E-state index is 11.8. The average Bonchev–Trinajstić information content (AvgIpc) is 2.58. The van der Waals surface area contributed by atoms with Gasteiger partial charge in [0, 0.05) is 12.6 Å². The third-order valence-corrected chi connectivity index (χ3v) is 4.75. The molecule has 1 amide bonds. The van der Waals surface area contributed by atoms with Crippen LogP contribution in [0.4, 0.5) is 5.69 Å². The Morgan fingerprint density at radius 2 is 2.04 bits per heavy atom. The van der Waals surface area contributed by atoms with Gasteiger partial charge < -0.3 is 20.5 Å². The van der Waals surface area contributed by atoms with Crippen molar-refractivity contribution in [2.45, 2.75) is 64.7 Å². The molecule has 1 heterocycles. The highest BCUT2D eigenvalue weighted by atomic mass is 16.5. The van der Waals surface area contributed by atoms with Gasteiger partial charge in [0.2, 0.25) is 0 Å². The molecule has 0 bridgehead atoms. The van der Waals surface area contributed by atoms with Crippen molar-refractivity contribution >= 4 is 11.6 Å². The number of carbonyl (C=O) groups is 1. The van der Waals surface area contributed by atoms with E-state index in [0.29, 0.717) is 24.4 Å². The Kier molecular flexibility index (Phi) is 5.65. The van der Waals surface area contributed by atoms with Crippen LogP contribution in [0.15, 0.2) is 18.2 Å². The standard InChI is InChI=1S/C18H28N2O3/c1-5-15-17(21)20-14-9-8-13(10-16(14)23-15)12(4)19-11-18(22,6-2)7-3/h8-10,12,15,19,22H,5-7,11H2,1-4H3,(H,20,21). The van der Waals surface area contributed by atoms with Crippen LogP contribution in [0.25, 0.3) is 0 Å². The first kappa shape index (κ1) is 17.8. The Bertz CT molecular complexity index is 555. The van der Waals surface area contributed by atoms with E-state index < -0.39 is 11.7 Å². The summed E-state index contributed by atoms with van der Waals surface area (Å²) < 4.78 is 5.78. The fraction of sp³-hybridized carbons (Fsp3) is 0.611. The van der Waals surface area contributed by atoms with Gasteiger partial charge in [-0.3, -0.25) is 4.79 Å². The van der Waals surface area contributed by atoms with E-state index in [1.807, 2.05) is 39.0 Å². The molecule has 1 aliphatic rings. The molecule has 0 aromatic heterocycles. The highest BCUT2D eigenvalue weighted by Gasteiger charge is 2.27. The van der Waals surface area contributed by atoms with Gasteiger partial charge in [-0.2, -0.15) is 0 Å². The summed E-state index contributed by atoms with van der Waals surface area (Å²) in [6, 6.07) is 5.90. The monoisotopic (exact) mass is 320 g/mol. The summed E-state index contributed by atoms with van der Waals surface area (Å²) in [6.07, 6.45) is 1.66. The Labute approximate surface area is 138 Å². The van der Waals surface area contributed by atoms with Crippen LogP contribution in [0, 0.1) is 0 Å². The first-order valence-corrected chi connectivity index (χ1v) is 8.49. The second-order valence-electron chi connectivity index (χ2n) is 6.29. The molecule has 2 unspecified atom stereocenters. The van der Waals surface area contributed by atoms with Crippen molar-refractivity contribution in [3.8, 4) is 5.75 Å². The molecule has 2 atom stereocenters. The molecule has 1 aromatic rings. The molecule has 0 saturated heterocycles. The quantitative estimate of drug-likeness (QED) is 0.722. The second kappa shape index (κ2) is 7.32. The summed E-state index contributed by atoms with van der Waals surface area (Å²) in [5.41, 5.74) is 1.12. The van der Waals surface area contributed by atoms with E-state index in [9.17, 15) is 9.90 Å². The molecule has 2 rings (SSSR count). The molecule has 0 radical (unpaired) electrons. The van der Waals surface area contributed by atoms with E-state index in [-0.39, 0.29) is 11.9 Å². The Morgan fingerprint density at radius 3 is 2.65 bits per heavy atom. The highest BCUT2D eigenvalue weighted by molar-refractivity contribution is 5.97. The predicted molar refractivity (Wildman–Crippen MR) is 91.7 cm³/mol. The van der Waals surface area contributed by atoms with Gasteiger partial charge in [-0.1, -0.05) is 26.8 Å². The number of aliphatic hydroxyl groups is 1. The zero-order valence-electron chi connectivity index (χ0n) is 14.5. The van der Waals surface area contributed by atoms with Gasteiger partial charge in [0.05, 0.1) is 11.3 Å². The van der Waals surface area contributed by atoms with Crippen molar-refractivity contribution < 1.29 is 14.6 Å². The summed E-state index contributed by atoms with van der Waals surface area (Å²) in [4.78, 5) is 11.8. The number of hydrogen-bond donors (Lipinski definition) is 3. The molecule has 3 N–H and O–H groups in total. The van der Waals surface area contributed by atoms with Crippen molar-refractivity contribution in [1.29, 1.82) is 0 Å². The number of benzene rings is 1. The molecule has 1 aliphatic heterocycles. The average molecular weight is 320 g/mol. The first-order chi connectivity index (χ1) is 10.9. The predicted octanol–water partition coefficient (Wildman–Crippen LogP) is 3.00. The maximum absolute atomic E-state index is 11.8. The number of carbonyl (C=O) groups excluding carboxylic acids is 1. The molecule has 0 fully saturated rings. The Morgan fingerprint density at radius 1 is 1.35 bits per heavy atom. The topological polar surface area (TPSA) is 70.6 Å².